The molecular formula is C12H21Si. The maximum atomic E-state index is 2.43. The third-order valence-electron chi connectivity index (χ3n) is 2.75. The fourth-order valence-electron chi connectivity index (χ4n) is 1.77. The molecule has 0 aromatic carbocycles. The van der Waals surface area contributed by atoms with Crippen LogP contribution in [0.1, 0.15) is 20.8 Å². The lowest BCUT2D eigenvalue weighted by Crippen LogP contribution is -2.19. The summed E-state index contributed by atoms with van der Waals surface area (Å²) in [5, 5.41) is 0. The highest BCUT2D eigenvalue weighted by Crippen LogP contribution is 2.35. The molecule has 1 aliphatic rings. The fourth-order valence-corrected chi connectivity index (χ4v) is 3.28. The van der Waals surface area contributed by atoms with Crippen molar-refractivity contribution in [2.45, 2.75) is 46.5 Å². The van der Waals surface area contributed by atoms with Crippen molar-refractivity contribution in [2.24, 2.45) is 0 Å². The molecule has 0 N–H and O–H groups in total. The Morgan fingerprint density at radius 1 is 1.00 bits per heavy atom. The van der Waals surface area contributed by atoms with Crippen LogP contribution in [0.5, 0.6) is 0 Å². The average Bonchev–Trinajstić information content (AvgIpc) is 2.15. The molecule has 13 heavy (non-hydrogen) atoms. The number of rotatable bonds is 2. The van der Waals surface area contributed by atoms with Crippen LogP contribution in [0, 0.1) is 5.92 Å². The summed E-state index contributed by atoms with van der Waals surface area (Å²) in [5.74, 6) is 1.46. The molecule has 0 bridgehead atoms. The highest BCUT2D eigenvalue weighted by molar-refractivity contribution is 6.76. The van der Waals surface area contributed by atoms with E-state index in [2.05, 4.69) is 46.5 Å². The van der Waals surface area contributed by atoms with Crippen LogP contribution in [0.4, 0.5) is 0 Å². The molecule has 1 rings (SSSR count). The smallest absolute Gasteiger partial charge is 0.0487 e. The Hall–Kier alpha value is -0.303. The quantitative estimate of drug-likeness (QED) is 0.577. The Kier molecular flexibility index (Phi) is 2.86. The number of hydrogen-bond acceptors (Lipinski definition) is 0. The second kappa shape index (κ2) is 3.45. The maximum Gasteiger partial charge on any atom is 0.0487 e. The zero-order chi connectivity index (χ0) is 10.2. The van der Waals surface area contributed by atoms with Crippen molar-refractivity contribution in [3.05, 3.63) is 28.7 Å². The first-order chi connectivity index (χ1) is 5.81. The van der Waals surface area contributed by atoms with Crippen molar-refractivity contribution in [1.29, 1.82) is 0 Å². The molecule has 1 radical (unpaired) electrons. The molecule has 0 saturated heterocycles. The van der Waals surface area contributed by atoms with Gasteiger partial charge in [0.05, 0.1) is 0 Å². The molecule has 0 aliphatic heterocycles. The molecule has 0 saturated carbocycles. The van der Waals surface area contributed by atoms with E-state index in [0.29, 0.717) is 0 Å². The third kappa shape index (κ3) is 2.57. The van der Waals surface area contributed by atoms with E-state index in [-0.39, 0.29) is 0 Å². The largest absolute Gasteiger partial charge is 0.0702 e. The van der Waals surface area contributed by atoms with E-state index in [1.807, 2.05) is 0 Å². The number of hydrogen-bond donors (Lipinski definition) is 0. The van der Waals surface area contributed by atoms with Crippen LogP contribution in [0.2, 0.25) is 25.7 Å². The molecule has 1 heteroatoms. The molecule has 0 nitrogen and oxygen atoms in total. The minimum atomic E-state index is -0.939. The second-order valence-corrected chi connectivity index (χ2v) is 10.8. The van der Waals surface area contributed by atoms with Crippen LogP contribution in [-0.2, 0) is 0 Å². The molecule has 0 amide bonds. The lowest BCUT2D eigenvalue weighted by atomic mass is 10.1. The summed E-state index contributed by atoms with van der Waals surface area (Å²) in [7, 11) is -0.939. The Balaban J connectivity index is 2.80. The lowest BCUT2D eigenvalue weighted by molar-refractivity contribution is 1.20. The molecule has 0 atom stereocenters. The van der Waals surface area contributed by atoms with Crippen molar-refractivity contribution < 1.29 is 0 Å². The van der Waals surface area contributed by atoms with E-state index in [1.165, 1.54) is 23.1 Å². The van der Waals surface area contributed by atoms with Crippen LogP contribution >= 0.6 is 0 Å². The zero-order valence-corrected chi connectivity index (χ0v) is 10.8. The predicted octanol–water partition coefficient (Wildman–Crippen LogP) is 4.20. The molecule has 0 unspecified atom stereocenters. The molecule has 0 heterocycles. The van der Waals surface area contributed by atoms with E-state index in [4.69, 9.17) is 0 Å². The topological polar surface area (TPSA) is 0 Å². The van der Waals surface area contributed by atoms with Gasteiger partial charge in [0.15, 0.2) is 0 Å². The second-order valence-electron chi connectivity index (χ2n) is 5.34. The summed E-state index contributed by atoms with van der Waals surface area (Å²) >= 11 is 0. The van der Waals surface area contributed by atoms with Gasteiger partial charge in [-0.15, -0.1) is 0 Å². The molecular weight excluding hydrogens is 172 g/mol. The van der Waals surface area contributed by atoms with Crippen LogP contribution in [0.15, 0.2) is 22.8 Å². The van der Waals surface area contributed by atoms with Gasteiger partial charge in [-0.3, -0.25) is 0 Å². The molecule has 73 valence electrons. The first kappa shape index (κ1) is 10.8. The summed E-state index contributed by atoms with van der Waals surface area (Å²) in [5.41, 5.74) is 4.61. The fraction of sp³-hybridized carbons (Fsp3) is 0.583. The van der Waals surface area contributed by atoms with Crippen LogP contribution in [-0.4, -0.2) is 8.07 Å². The third-order valence-corrected chi connectivity index (χ3v) is 4.19. The Bertz CT molecular complexity index is 263. The van der Waals surface area contributed by atoms with Gasteiger partial charge in [-0.1, -0.05) is 43.8 Å². The van der Waals surface area contributed by atoms with E-state index < -0.39 is 8.07 Å². The first-order valence-corrected chi connectivity index (χ1v) is 8.74. The normalized spacial score (nSPS) is 19.7. The van der Waals surface area contributed by atoms with Crippen molar-refractivity contribution in [3.8, 4) is 0 Å². The average molecular weight is 193 g/mol. The Labute approximate surface area is 83.7 Å². The Morgan fingerprint density at radius 2 is 1.54 bits per heavy atom. The molecule has 0 fully saturated rings. The summed E-state index contributed by atoms with van der Waals surface area (Å²) < 4.78 is 0. The van der Waals surface area contributed by atoms with Gasteiger partial charge in [0.1, 0.15) is 0 Å². The molecule has 0 aromatic rings. The van der Waals surface area contributed by atoms with Gasteiger partial charge in [-0.05, 0) is 25.5 Å². The van der Waals surface area contributed by atoms with Crippen LogP contribution in [0.3, 0.4) is 0 Å². The van der Waals surface area contributed by atoms with E-state index in [0.717, 1.165) is 0 Å². The van der Waals surface area contributed by atoms with Gasteiger partial charge in [0.2, 0.25) is 0 Å². The highest BCUT2D eigenvalue weighted by Gasteiger charge is 2.22. The van der Waals surface area contributed by atoms with Gasteiger partial charge >= 0.3 is 0 Å². The van der Waals surface area contributed by atoms with Gasteiger partial charge in [0, 0.05) is 14.0 Å². The predicted molar refractivity (Wildman–Crippen MR) is 63.5 cm³/mol. The van der Waals surface area contributed by atoms with Crippen molar-refractivity contribution >= 4 is 8.07 Å². The Morgan fingerprint density at radius 3 is 1.85 bits per heavy atom. The number of allylic oxidation sites excluding steroid dienone is 4. The van der Waals surface area contributed by atoms with Gasteiger partial charge < -0.3 is 0 Å². The summed E-state index contributed by atoms with van der Waals surface area (Å²) in [6.45, 7) is 14.0. The van der Waals surface area contributed by atoms with E-state index in [9.17, 15) is 0 Å². The summed E-state index contributed by atoms with van der Waals surface area (Å²) in [6.07, 6.45) is 2.38. The zero-order valence-electron chi connectivity index (χ0n) is 9.78. The standard InChI is InChI=1S/C12H21Si/c1-9-7-12(8-13(4,5)6)11(3)10(9)2/h7H,8H2,1-6H3. The molecule has 1 aliphatic carbocycles. The van der Waals surface area contributed by atoms with Crippen molar-refractivity contribution in [1.82, 2.24) is 0 Å². The molecule has 0 aromatic heterocycles. The summed E-state index contributed by atoms with van der Waals surface area (Å²) in [4.78, 5) is 0. The summed E-state index contributed by atoms with van der Waals surface area (Å²) in [6, 6.07) is 1.33. The highest BCUT2D eigenvalue weighted by atomic mass is 28.3. The maximum absolute atomic E-state index is 2.43. The van der Waals surface area contributed by atoms with Gasteiger partial charge in [0.25, 0.3) is 0 Å². The van der Waals surface area contributed by atoms with Gasteiger partial charge in [-0.25, -0.2) is 0 Å². The minimum absolute atomic E-state index is 0.939. The van der Waals surface area contributed by atoms with Crippen LogP contribution < -0.4 is 0 Å². The van der Waals surface area contributed by atoms with Crippen LogP contribution in [0.25, 0.3) is 0 Å². The molecule has 0 spiro atoms. The van der Waals surface area contributed by atoms with E-state index >= 15 is 0 Å². The van der Waals surface area contributed by atoms with Crippen molar-refractivity contribution in [2.75, 3.05) is 0 Å². The van der Waals surface area contributed by atoms with Crippen molar-refractivity contribution in [3.63, 3.8) is 0 Å². The first-order valence-electron chi connectivity index (χ1n) is 5.03. The SMILES string of the molecule is C[C]1C=C(C[Si](C)(C)C)C(C)=C1C. The van der Waals surface area contributed by atoms with Gasteiger partial charge in [-0.2, -0.15) is 0 Å². The lowest BCUT2D eigenvalue weighted by Gasteiger charge is -2.17. The van der Waals surface area contributed by atoms with E-state index in [1.54, 1.807) is 5.57 Å². The monoisotopic (exact) mass is 193 g/mol. The minimum Gasteiger partial charge on any atom is -0.0702 e.